The summed E-state index contributed by atoms with van der Waals surface area (Å²) in [5, 5.41) is 1.06. The number of rotatable bonds is 5. The maximum atomic E-state index is 12.3. The number of Topliss-reactive ketones (excluding diaryl/α,β-unsaturated/α-hetero) is 1. The van der Waals surface area contributed by atoms with Gasteiger partial charge in [-0.25, -0.2) is 0 Å². The van der Waals surface area contributed by atoms with Crippen LogP contribution < -0.4 is 0 Å². The van der Waals surface area contributed by atoms with Gasteiger partial charge in [-0.3, -0.25) is 14.5 Å². The fraction of sp³-hybridized carbons (Fsp3) is 0.857. The fourth-order valence-corrected chi connectivity index (χ4v) is 3.63. The maximum Gasteiger partial charge on any atom is 0.319 e. The van der Waals surface area contributed by atoms with Gasteiger partial charge in [0.15, 0.2) is 5.78 Å². The Bertz CT molecular complexity index is 334. The van der Waals surface area contributed by atoms with Crippen LogP contribution in [0, 0.1) is 5.41 Å². The van der Waals surface area contributed by atoms with Gasteiger partial charge in [-0.1, -0.05) is 13.8 Å². The Kier molecular flexibility index (Phi) is 5.86. The van der Waals surface area contributed by atoms with Gasteiger partial charge in [0, 0.05) is 23.6 Å². The van der Waals surface area contributed by atoms with E-state index in [9.17, 15) is 9.59 Å². The Morgan fingerprint density at radius 2 is 1.79 bits per heavy atom. The molecule has 0 aliphatic carbocycles. The molecule has 1 rings (SSSR count). The third-order valence-corrected chi connectivity index (χ3v) is 4.57. The van der Waals surface area contributed by atoms with Crippen molar-refractivity contribution in [3.05, 3.63) is 0 Å². The largest absolute Gasteiger partial charge is 0.465 e. The lowest BCUT2D eigenvalue weighted by atomic mass is 9.87. The van der Waals surface area contributed by atoms with E-state index in [-0.39, 0.29) is 5.78 Å². The van der Waals surface area contributed by atoms with E-state index in [0.29, 0.717) is 23.7 Å². The van der Waals surface area contributed by atoms with E-state index in [1.165, 1.54) is 0 Å². The number of hydrogen-bond donors (Lipinski definition) is 0. The molecule has 2 unspecified atom stereocenters. The van der Waals surface area contributed by atoms with Crippen molar-refractivity contribution in [1.29, 1.82) is 0 Å². The molecular weight excluding hydrogens is 262 g/mol. The van der Waals surface area contributed by atoms with Crippen molar-refractivity contribution in [2.45, 2.75) is 45.1 Å². The molecule has 5 heteroatoms. The van der Waals surface area contributed by atoms with Crippen LogP contribution in [-0.4, -0.2) is 53.4 Å². The summed E-state index contributed by atoms with van der Waals surface area (Å²) in [6, 6.07) is 0. The summed E-state index contributed by atoms with van der Waals surface area (Å²) in [7, 11) is 0. The summed E-state index contributed by atoms with van der Waals surface area (Å²) in [5.41, 5.74) is -1.05. The molecule has 1 fully saturated rings. The Labute approximate surface area is 120 Å². The SMILES string of the molecule is CCOC(=O)C(C)(C)C(=O)CN1CC(C)SC(C)C1. The van der Waals surface area contributed by atoms with Gasteiger partial charge in [0.05, 0.1) is 13.2 Å². The average Bonchev–Trinajstić information content (AvgIpc) is 2.27. The maximum absolute atomic E-state index is 12.3. The molecule has 1 aliphatic heterocycles. The zero-order valence-electron chi connectivity index (χ0n) is 12.6. The van der Waals surface area contributed by atoms with Crippen LogP contribution in [0.2, 0.25) is 0 Å². The molecule has 0 saturated carbocycles. The standard InChI is InChI=1S/C14H25NO3S/c1-6-18-13(17)14(4,5)12(16)9-15-7-10(2)19-11(3)8-15/h10-11H,6-9H2,1-5H3. The molecule has 1 saturated heterocycles. The highest BCUT2D eigenvalue weighted by Crippen LogP contribution is 2.26. The topological polar surface area (TPSA) is 46.6 Å². The first-order chi connectivity index (χ1) is 8.77. The normalized spacial score (nSPS) is 25.1. The van der Waals surface area contributed by atoms with Gasteiger partial charge >= 0.3 is 5.97 Å². The number of carbonyl (C=O) groups excluding carboxylic acids is 2. The molecule has 0 spiro atoms. The summed E-state index contributed by atoms with van der Waals surface area (Å²) in [5.74, 6) is -0.482. The fourth-order valence-electron chi connectivity index (χ4n) is 2.24. The van der Waals surface area contributed by atoms with Gasteiger partial charge < -0.3 is 4.74 Å². The quantitative estimate of drug-likeness (QED) is 0.571. The monoisotopic (exact) mass is 287 g/mol. The second-order valence-electron chi connectivity index (χ2n) is 5.72. The van der Waals surface area contributed by atoms with Crippen LogP contribution in [-0.2, 0) is 14.3 Å². The number of ketones is 1. The Hall–Kier alpha value is -0.550. The van der Waals surface area contributed by atoms with Crippen LogP contribution in [0.25, 0.3) is 0 Å². The van der Waals surface area contributed by atoms with Crippen molar-refractivity contribution in [3.8, 4) is 0 Å². The zero-order valence-corrected chi connectivity index (χ0v) is 13.4. The van der Waals surface area contributed by atoms with Crippen molar-refractivity contribution in [2.24, 2.45) is 5.41 Å². The van der Waals surface area contributed by atoms with Crippen LogP contribution in [0.1, 0.15) is 34.6 Å². The van der Waals surface area contributed by atoms with E-state index in [2.05, 4.69) is 18.7 Å². The molecule has 2 atom stereocenters. The molecule has 0 aromatic heterocycles. The highest BCUT2D eigenvalue weighted by atomic mass is 32.2. The summed E-state index contributed by atoms with van der Waals surface area (Å²) in [4.78, 5) is 26.3. The summed E-state index contributed by atoms with van der Waals surface area (Å²) >= 11 is 1.95. The van der Waals surface area contributed by atoms with E-state index >= 15 is 0 Å². The van der Waals surface area contributed by atoms with E-state index in [4.69, 9.17) is 4.74 Å². The Morgan fingerprint density at radius 1 is 1.26 bits per heavy atom. The lowest BCUT2D eigenvalue weighted by Crippen LogP contribution is -2.47. The molecule has 0 amide bonds. The van der Waals surface area contributed by atoms with Crippen molar-refractivity contribution < 1.29 is 14.3 Å². The zero-order chi connectivity index (χ0) is 14.6. The number of carbonyl (C=O) groups is 2. The van der Waals surface area contributed by atoms with Crippen LogP contribution >= 0.6 is 11.8 Å². The highest BCUT2D eigenvalue weighted by molar-refractivity contribution is 8.00. The smallest absolute Gasteiger partial charge is 0.319 e. The van der Waals surface area contributed by atoms with Crippen molar-refractivity contribution in [3.63, 3.8) is 0 Å². The first-order valence-electron chi connectivity index (χ1n) is 6.85. The minimum Gasteiger partial charge on any atom is -0.465 e. The molecule has 0 N–H and O–H groups in total. The molecule has 19 heavy (non-hydrogen) atoms. The third-order valence-electron chi connectivity index (χ3n) is 3.35. The Balaban J connectivity index is 2.60. The average molecular weight is 287 g/mol. The number of nitrogens with zero attached hydrogens (tertiary/aromatic N) is 1. The molecule has 0 aromatic carbocycles. The first-order valence-corrected chi connectivity index (χ1v) is 7.80. The van der Waals surface area contributed by atoms with Crippen LogP contribution in [0.5, 0.6) is 0 Å². The summed E-state index contributed by atoms with van der Waals surface area (Å²) in [6.45, 7) is 11.9. The van der Waals surface area contributed by atoms with Gasteiger partial charge in [0.2, 0.25) is 0 Å². The second-order valence-corrected chi connectivity index (χ2v) is 7.60. The van der Waals surface area contributed by atoms with Gasteiger partial charge in [-0.2, -0.15) is 11.8 Å². The number of thioether (sulfide) groups is 1. The second kappa shape index (κ2) is 6.75. The number of esters is 1. The van der Waals surface area contributed by atoms with E-state index in [1.54, 1.807) is 20.8 Å². The molecule has 0 bridgehead atoms. The van der Waals surface area contributed by atoms with Gasteiger partial charge in [0.1, 0.15) is 5.41 Å². The molecular formula is C14H25NO3S. The van der Waals surface area contributed by atoms with Crippen LogP contribution in [0.3, 0.4) is 0 Å². The minimum atomic E-state index is -1.05. The predicted molar refractivity (Wildman–Crippen MR) is 78.4 cm³/mol. The third kappa shape index (κ3) is 4.49. The van der Waals surface area contributed by atoms with Crippen LogP contribution in [0.4, 0.5) is 0 Å². The van der Waals surface area contributed by atoms with E-state index in [0.717, 1.165) is 13.1 Å². The first kappa shape index (κ1) is 16.5. The molecule has 4 nitrogen and oxygen atoms in total. The van der Waals surface area contributed by atoms with Crippen molar-refractivity contribution >= 4 is 23.5 Å². The van der Waals surface area contributed by atoms with Gasteiger partial charge in [-0.15, -0.1) is 0 Å². The lowest BCUT2D eigenvalue weighted by molar-refractivity contribution is -0.158. The van der Waals surface area contributed by atoms with Crippen LogP contribution in [0.15, 0.2) is 0 Å². The number of hydrogen-bond acceptors (Lipinski definition) is 5. The Morgan fingerprint density at radius 3 is 2.26 bits per heavy atom. The van der Waals surface area contributed by atoms with Gasteiger partial charge in [0.25, 0.3) is 0 Å². The van der Waals surface area contributed by atoms with Crippen molar-refractivity contribution in [2.75, 3.05) is 26.2 Å². The van der Waals surface area contributed by atoms with E-state index < -0.39 is 11.4 Å². The van der Waals surface area contributed by atoms with Crippen molar-refractivity contribution in [1.82, 2.24) is 4.90 Å². The number of ether oxygens (including phenoxy) is 1. The highest BCUT2D eigenvalue weighted by Gasteiger charge is 2.38. The summed E-state index contributed by atoms with van der Waals surface area (Å²) < 4.78 is 4.98. The molecule has 1 heterocycles. The van der Waals surface area contributed by atoms with Gasteiger partial charge in [-0.05, 0) is 20.8 Å². The molecule has 1 aliphatic rings. The lowest BCUT2D eigenvalue weighted by Gasteiger charge is -2.35. The predicted octanol–water partition coefficient (Wildman–Crippen LogP) is 1.97. The molecule has 0 radical (unpaired) electrons. The minimum absolute atomic E-state index is 0.0581. The molecule has 0 aromatic rings. The van der Waals surface area contributed by atoms with E-state index in [1.807, 2.05) is 11.8 Å². The summed E-state index contributed by atoms with van der Waals surface area (Å²) in [6.07, 6.45) is 0. The molecule has 110 valence electrons.